The zero-order valence-corrected chi connectivity index (χ0v) is 40.7. The molecule has 0 aromatic carbocycles. The van der Waals surface area contributed by atoms with E-state index in [1.807, 2.05) is 0 Å². The molecule has 0 aliphatic rings. The molecule has 0 bridgehead atoms. The van der Waals surface area contributed by atoms with Crippen LogP contribution in [0, 0.1) is 31.1 Å². The predicted molar refractivity (Wildman–Crippen MR) is 200 cm³/mol. The zero-order chi connectivity index (χ0) is 31.6. The van der Waals surface area contributed by atoms with E-state index in [1.54, 1.807) is 0 Å². The minimum atomic E-state index is -1.74. The van der Waals surface area contributed by atoms with Crippen LogP contribution in [0.3, 0.4) is 0 Å². The Morgan fingerprint density at radius 3 is 0.619 bits per heavy atom. The van der Waals surface area contributed by atoms with Crippen molar-refractivity contribution in [2.24, 2.45) is 0 Å². The van der Waals surface area contributed by atoms with E-state index in [2.05, 4.69) is 130 Å². The fraction of sp³-hybridized carbons (Fsp3) is 1.00. The topological polar surface area (TPSA) is 45.5 Å². The van der Waals surface area contributed by atoms with Crippen LogP contribution in [0.5, 0.6) is 0 Å². The molecular weight excluding hydrogens is 850 g/mol. The van der Waals surface area contributed by atoms with Crippen LogP contribution in [-0.2, 0) is 0 Å². The summed E-state index contributed by atoms with van der Waals surface area (Å²) in [6, 6.07) is 0. The second-order valence-corrected chi connectivity index (χ2v) is 32.2. The van der Waals surface area contributed by atoms with Crippen LogP contribution < -0.4 is 0 Å². The van der Waals surface area contributed by atoms with Gasteiger partial charge in [0.1, 0.15) is 0 Å². The molecule has 0 amide bonds. The molecule has 0 aromatic heterocycles. The molecule has 0 heterocycles. The predicted octanol–water partition coefficient (Wildman–Crippen LogP) is 11.6. The summed E-state index contributed by atoms with van der Waals surface area (Å²) in [5.74, 6) is 0. The summed E-state index contributed by atoms with van der Waals surface area (Å²) in [5, 5.41) is 0. The van der Waals surface area contributed by atoms with E-state index in [-0.39, 0.29) is 49.1 Å². The van der Waals surface area contributed by atoms with Gasteiger partial charge in [0.15, 0.2) is 0 Å². The van der Waals surface area contributed by atoms with Crippen molar-refractivity contribution in [1.29, 1.82) is 0 Å². The van der Waals surface area contributed by atoms with Crippen LogP contribution in [0.25, 0.3) is 14.9 Å². The van der Waals surface area contributed by atoms with Crippen LogP contribution in [-0.4, -0.2) is 86.8 Å². The summed E-state index contributed by atoms with van der Waals surface area (Å²) in [4.78, 5) is 19.6. The van der Waals surface area contributed by atoms with E-state index in [9.17, 15) is 0 Å². The van der Waals surface area contributed by atoms with Crippen molar-refractivity contribution >= 4 is 42.7 Å². The SMILES string of the molecule is CC(C)[Si]([N-]CCN(CC[N-][Si](C(C)C)(C(C)C)C(C)C)CC[N-][Si](C(C)C)(C(C)C)C(C)C)(C(C)C)C(C)C.[As].[U+3]. The van der Waals surface area contributed by atoms with E-state index in [4.69, 9.17) is 14.9 Å². The average Bonchev–Trinajstić information content (AvgIpc) is 2.79. The Balaban J connectivity index is -0.00000760. The van der Waals surface area contributed by atoms with Gasteiger partial charge in [-0.15, -0.1) is 19.6 Å². The Bertz CT molecular complexity index is 533. The normalized spacial score (nSPS) is 13.7. The van der Waals surface area contributed by atoms with Crippen molar-refractivity contribution in [1.82, 2.24) is 4.90 Å². The maximum Gasteiger partial charge on any atom is 3.00 e. The standard InChI is InChI=1S/C33H75N4Si3.As.U/c1-25(2)38(26(3)4,27(5)6)34-19-22-37(23-20-35-39(28(7)8,29(9)10)30(11)12)24-21-36-40(31(13)14,32(15)16)33(17)18;;/h25-33H,19-24H2,1-18H3;;/q-3;;+3. The Morgan fingerprint density at radius 1 is 0.357 bits per heavy atom. The average molecular weight is 925 g/mol. The molecule has 0 unspecified atom stereocenters. The summed E-state index contributed by atoms with van der Waals surface area (Å²) < 4.78 is 0. The van der Waals surface area contributed by atoms with Crippen LogP contribution in [0.2, 0.25) is 49.9 Å². The monoisotopic (exact) mass is 925 g/mol. The van der Waals surface area contributed by atoms with Crippen molar-refractivity contribution in [3.8, 4) is 0 Å². The van der Waals surface area contributed by atoms with Crippen LogP contribution in [0.4, 0.5) is 0 Å². The minimum absolute atomic E-state index is 0. The molecule has 0 fully saturated rings. The maximum atomic E-state index is 5.63. The first-order valence-corrected chi connectivity index (χ1v) is 23.6. The van der Waals surface area contributed by atoms with E-state index >= 15 is 0 Å². The summed E-state index contributed by atoms with van der Waals surface area (Å²) in [7, 11) is -5.22. The zero-order valence-electron chi connectivity index (χ0n) is 31.7. The van der Waals surface area contributed by atoms with Gasteiger partial charge in [-0.2, -0.15) is 0 Å². The molecule has 0 aliphatic heterocycles. The van der Waals surface area contributed by atoms with Gasteiger partial charge in [0.05, 0.1) is 0 Å². The Hall–Kier alpha value is 2.10. The molecule has 0 aromatic rings. The van der Waals surface area contributed by atoms with Crippen molar-refractivity contribution in [3.63, 3.8) is 0 Å². The molecule has 0 saturated heterocycles. The third kappa shape index (κ3) is 12.0. The number of hydrogen-bond acceptors (Lipinski definition) is 1. The molecule has 0 atom stereocenters. The van der Waals surface area contributed by atoms with E-state index in [0.29, 0.717) is 49.9 Å². The van der Waals surface area contributed by atoms with Gasteiger partial charge in [-0.3, -0.25) is 0 Å². The fourth-order valence-corrected chi connectivity index (χ4v) is 25.9. The van der Waals surface area contributed by atoms with Crippen LogP contribution in [0.15, 0.2) is 0 Å². The smallest absolute Gasteiger partial charge is 0.663 e. The van der Waals surface area contributed by atoms with Gasteiger partial charge >= 0.3 is 31.1 Å². The fourth-order valence-electron chi connectivity index (χ4n) is 9.13. The second kappa shape index (κ2) is 21.9. The first kappa shape index (κ1) is 48.5. The third-order valence-corrected chi connectivity index (χ3v) is 29.7. The molecule has 42 heavy (non-hydrogen) atoms. The molecular formula is C33H75AsN4Si3U. The second-order valence-electron chi connectivity index (χ2n) is 15.5. The Kier molecular flexibility index (Phi) is 25.3. The summed E-state index contributed by atoms with van der Waals surface area (Å²) in [6.45, 7) is 49.7. The van der Waals surface area contributed by atoms with E-state index in [0.717, 1.165) is 39.3 Å². The maximum absolute atomic E-state index is 5.63. The van der Waals surface area contributed by atoms with E-state index in [1.165, 1.54) is 0 Å². The molecule has 4 radical (unpaired) electrons. The van der Waals surface area contributed by atoms with Gasteiger partial charge in [0, 0.05) is 18.0 Å². The number of rotatable bonds is 21. The van der Waals surface area contributed by atoms with Crippen molar-refractivity contribution < 1.29 is 31.1 Å². The van der Waals surface area contributed by atoms with Crippen LogP contribution >= 0.6 is 0 Å². The number of hydrogen-bond donors (Lipinski definition) is 0. The molecule has 0 N–H and O–H groups in total. The summed E-state index contributed by atoms with van der Waals surface area (Å²) in [5.41, 5.74) is 6.09. The van der Waals surface area contributed by atoms with Gasteiger partial charge in [-0.25, -0.2) is 0 Å². The first-order chi connectivity index (χ1) is 18.3. The van der Waals surface area contributed by atoms with Crippen molar-refractivity contribution in [3.05, 3.63) is 14.9 Å². The molecule has 0 saturated carbocycles. The summed E-state index contributed by atoms with van der Waals surface area (Å²) in [6.07, 6.45) is 0. The summed E-state index contributed by atoms with van der Waals surface area (Å²) >= 11 is 0. The van der Waals surface area contributed by atoms with Crippen molar-refractivity contribution in [2.45, 2.75) is 174 Å². The Labute approximate surface area is 305 Å². The minimum Gasteiger partial charge on any atom is -0.663 e. The first-order valence-electron chi connectivity index (χ1n) is 17.1. The Morgan fingerprint density at radius 2 is 0.500 bits per heavy atom. The van der Waals surface area contributed by atoms with Gasteiger partial charge in [-0.05, 0) is 44.3 Å². The van der Waals surface area contributed by atoms with Gasteiger partial charge in [0.2, 0.25) is 0 Å². The molecule has 0 aliphatic carbocycles. The molecule has 9 heteroatoms. The third-order valence-electron chi connectivity index (χ3n) is 10.7. The molecule has 0 spiro atoms. The largest absolute Gasteiger partial charge is 3.00 e. The molecule has 0 rings (SSSR count). The molecule has 248 valence electrons. The molecule has 4 nitrogen and oxygen atoms in total. The number of nitrogens with zero attached hydrogens (tertiary/aromatic N) is 4. The van der Waals surface area contributed by atoms with E-state index < -0.39 is 24.7 Å². The van der Waals surface area contributed by atoms with Crippen molar-refractivity contribution in [2.75, 3.05) is 39.3 Å². The van der Waals surface area contributed by atoms with Gasteiger partial charge < -0.3 is 19.8 Å². The van der Waals surface area contributed by atoms with Crippen LogP contribution in [0.1, 0.15) is 125 Å². The quantitative estimate of drug-likeness (QED) is 0.106. The van der Waals surface area contributed by atoms with Gasteiger partial charge in [-0.1, -0.05) is 174 Å². The van der Waals surface area contributed by atoms with Gasteiger partial charge in [0.25, 0.3) is 0 Å².